The van der Waals surface area contributed by atoms with Crippen LogP contribution in [0.2, 0.25) is 0 Å². The molecule has 3 heterocycles. The molecule has 0 fully saturated rings. The van der Waals surface area contributed by atoms with Crippen molar-refractivity contribution >= 4 is 28.3 Å². The van der Waals surface area contributed by atoms with Gasteiger partial charge in [0.05, 0.1) is 35.5 Å². The molecule has 1 amide bonds. The minimum atomic E-state index is -1.17. The normalized spacial score (nSPS) is 15.6. The van der Waals surface area contributed by atoms with Crippen molar-refractivity contribution in [1.82, 2.24) is 9.88 Å². The molecule has 182 valence electrons. The molecule has 0 saturated carbocycles. The molecule has 4 aromatic rings. The first-order valence-electron chi connectivity index (χ1n) is 11.1. The molecule has 2 N–H and O–H groups in total. The van der Waals surface area contributed by atoms with E-state index >= 15 is 0 Å². The number of fused-ring (bicyclic) bond motifs is 1. The number of aliphatic hydroxyl groups excluding tert-OH is 1. The van der Waals surface area contributed by atoms with Crippen LogP contribution in [-0.2, 0) is 11.2 Å². The van der Waals surface area contributed by atoms with Gasteiger partial charge in [-0.3, -0.25) is 19.7 Å². The van der Waals surface area contributed by atoms with Gasteiger partial charge in [-0.25, -0.2) is 0 Å². The molecule has 0 saturated heterocycles. The number of Topliss-reactive ketones (excluding diaryl/α,β-unsaturated/α-hetero) is 1. The van der Waals surface area contributed by atoms with Crippen molar-refractivity contribution in [3.8, 4) is 5.75 Å². The number of para-hydroxylation sites is 1. The number of nitro groups is 1. The summed E-state index contributed by atoms with van der Waals surface area (Å²) in [5.74, 6) is -1.67. The van der Waals surface area contributed by atoms with Crippen LogP contribution >= 0.6 is 0 Å². The lowest BCUT2D eigenvalue weighted by Gasteiger charge is -2.26. The lowest BCUT2D eigenvalue weighted by Crippen LogP contribution is -2.33. The quantitative estimate of drug-likeness (QED) is 0.212. The highest BCUT2D eigenvalue weighted by molar-refractivity contribution is 6.15. The number of nitrogens with zero attached hydrogens (tertiary/aromatic N) is 2. The van der Waals surface area contributed by atoms with E-state index in [0.29, 0.717) is 12.2 Å². The summed E-state index contributed by atoms with van der Waals surface area (Å²) in [5, 5.41) is 23.5. The number of hydrogen-bond donors (Lipinski definition) is 2. The second kappa shape index (κ2) is 9.06. The molecule has 10 heteroatoms. The molecule has 1 aliphatic heterocycles. The Morgan fingerprint density at radius 2 is 2.03 bits per heavy atom. The minimum Gasteiger partial charge on any atom is -0.503 e. The summed E-state index contributed by atoms with van der Waals surface area (Å²) in [4.78, 5) is 42.2. The summed E-state index contributed by atoms with van der Waals surface area (Å²) < 4.78 is 10.5. The number of aliphatic hydroxyl groups is 1. The number of hydrogen-bond acceptors (Lipinski definition) is 7. The first kappa shape index (κ1) is 22.9. The molecule has 2 aromatic carbocycles. The van der Waals surface area contributed by atoms with E-state index in [-0.39, 0.29) is 29.1 Å². The van der Waals surface area contributed by atoms with Crippen molar-refractivity contribution in [2.45, 2.75) is 12.5 Å². The van der Waals surface area contributed by atoms with Gasteiger partial charge in [-0.1, -0.05) is 12.1 Å². The van der Waals surface area contributed by atoms with Crippen LogP contribution in [0.3, 0.4) is 0 Å². The van der Waals surface area contributed by atoms with Crippen LogP contribution in [0.25, 0.3) is 10.9 Å². The maximum atomic E-state index is 13.3. The van der Waals surface area contributed by atoms with Crippen LogP contribution in [-0.4, -0.2) is 45.3 Å². The SMILES string of the molecule is COc1ccc2[nH]cc(CCN3C(=O)C(O)=C(C(=O)c4ccco4)[C@H]3c3ccccc3[N+](=O)[O-])c2c1. The standard InChI is InChI=1S/C26H21N3O7/c1-35-16-8-9-19-18(13-16)15(14-27-19)10-11-28-23(17-5-2-3-6-20(17)29(33)34)22(25(31)26(28)32)24(30)21-7-4-12-36-21/h2-9,12-14,23,27,31H,10-11H2,1H3/t23-/m1/s1. The second-order valence-corrected chi connectivity index (χ2v) is 8.26. The number of carbonyl (C=O) groups is 2. The summed E-state index contributed by atoms with van der Waals surface area (Å²) in [5.41, 5.74) is 1.35. The molecule has 0 aliphatic carbocycles. The highest BCUT2D eigenvalue weighted by atomic mass is 16.6. The summed E-state index contributed by atoms with van der Waals surface area (Å²) in [6.07, 6.45) is 3.46. The van der Waals surface area contributed by atoms with E-state index in [1.807, 2.05) is 24.4 Å². The largest absolute Gasteiger partial charge is 0.503 e. The van der Waals surface area contributed by atoms with E-state index in [0.717, 1.165) is 16.5 Å². The van der Waals surface area contributed by atoms with Gasteiger partial charge in [0, 0.05) is 29.7 Å². The zero-order valence-corrected chi connectivity index (χ0v) is 19.1. The van der Waals surface area contributed by atoms with Crippen molar-refractivity contribution in [2.24, 2.45) is 0 Å². The lowest BCUT2D eigenvalue weighted by atomic mass is 9.93. The zero-order valence-electron chi connectivity index (χ0n) is 19.1. The number of H-pyrrole nitrogens is 1. The molecule has 0 bridgehead atoms. The van der Waals surface area contributed by atoms with E-state index in [1.165, 1.54) is 41.5 Å². The maximum absolute atomic E-state index is 13.3. The number of aromatic nitrogens is 1. The van der Waals surface area contributed by atoms with Crippen LogP contribution in [0, 0.1) is 10.1 Å². The van der Waals surface area contributed by atoms with Crippen LogP contribution in [0.15, 0.2) is 82.8 Å². The minimum absolute atomic E-state index is 0.0821. The fraction of sp³-hybridized carbons (Fsp3) is 0.154. The topological polar surface area (TPSA) is 139 Å². The highest BCUT2D eigenvalue weighted by Gasteiger charge is 2.46. The molecule has 0 spiro atoms. The molecule has 1 atom stereocenters. The van der Waals surface area contributed by atoms with Crippen molar-refractivity contribution in [3.63, 3.8) is 0 Å². The Bertz CT molecular complexity index is 1520. The zero-order chi connectivity index (χ0) is 25.4. The maximum Gasteiger partial charge on any atom is 0.290 e. The summed E-state index contributed by atoms with van der Waals surface area (Å²) >= 11 is 0. The van der Waals surface area contributed by atoms with Crippen LogP contribution in [0.1, 0.15) is 27.7 Å². The Morgan fingerprint density at radius 1 is 1.22 bits per heavy atom. The van der Waals surface area contributed by atoms with Gasteiger partial charge in [-0.05, 0) is 48.4 Å². The molecular formula is C26H21N3O7. The lowest BCUT2D eigenvalue weighted by molar-refractivity contribution is -0.385. The number of rotatable bonds is 8. The number of furan rings is 1. The van der Waals surface area contributed by atoms with Crippen molar-refractivity contribution in [3.05, 3.63) is 105 Å². The Labute approximate surface area is 204 Å². The number of methoxy groups -OCH3 is 1. The second-order valence-electron chi connectivity index (χ2n) is 8.26. The number of carbonyl (C=O) groups excluding carboxylic acids is 2. The number of ketones is 1. The number of nitrogens with one attached hydrogen (secondary N) is 1. The molecule has 10 nitrogen and oxygen atoms in total. The number of amides is 1. The third-order valence-corrected chi connectivity index (χ3v) is 6.32. The van der Waals surface area contributed by atoms with Crippen molar-refractivity contribution in [1.29, 1.82) is 0 Å². The van der Waals surface area contributed by atoms with E-state index in [2.05, 4.69) is 4.98 Å². The van der Waals surface area contributed by atoms with Gasteiger partial charge in [0.15, 0.2) is 11.5 Å². The molecular weight excluding hydrogens is 466 g/mol. The summed E-state index contributed by atoms with van der Waals surface area (Å²) in [6.45, 7) is 0.0821. The van der Waals surface area contributed by atoms with Crippen LogP contribution in [0.5, 0.6) is 5.75 Å². The van der Waals surface area contributed by atoms with Gasteiger partial charge in [0.1, 0.15) is 5.75 Å². The average molecular weight is 487 g/mol. The van der Waals surface area contributed by atoms with E-state index in [4.69, 9.17) is 9.15 Å². The van der Waals surface area contributed by atoms with E-state index in [9.17, 15) is 24.8 Å². The van der Waals surface area contributed by atoms with Gasteiger partial charge in [0.25, 0.3) is 11.6 Å². The number of nitro benzene ring substituents is 1. The Hall–Kier alpha value is -4.86. The molecule has 5 rings (SSSR count). The summed E-state index contributed by atoms with van der Waals surface area (Å²) in [7, 11) is 1.57. The molecule has 0 radical (unpaired) electrons. The van der Waals surface area contributed by atoms with E-state index in [1.54, 1.807) is 13.2 Å². The van der Waals surface area contributed by atoms with Crippen LogP contribution < -0.4 is 4.74 Å². The highest BCUT2D eigenvalue weighted by Crippen LogP contribution is 2.42. The van der Waals surface area contributed by atoms with Gasteiger partial charge >= 0.3 is 0 Å². The first-order valence-corrected chi connectivity index (χ1v) is 11.1. The van der Waals surface area contributed by atoms with Gasteiger partial charge in [-0.2, -0.15) is 0 Å². The van der Waals surface area contributed by atoms with Crippen molar-refractivity contribution in [2.75, 3.05) is 13.7 Å². The Morgan fingerprint density at radius 3 is 2.75 bits per heavy atom. The van der Waals surface area contributed by atoms with Gasteiger partial charge in [-0.15, -0.1) is 0 Å². The molecule has 36 heavy (non-hydrogen) atoms. The predicted octanol–water partition coefficient (Wildman–Crippen LogP) is 4.50. The smallest absolute Gasteiger partial charge is 0.290 e. The molecule has 1 aliphatic rings. The number of aromatic amines is 1. The van der Waals surface area contributed by atoms with Gasteiger partial charge < -0.3 is 24.1 Å². The Kier molecular flexibility index (Phi) is 5.77. The number of ether oxygens (including phenoxy) is 1. The monoisotopic (exact) mass is 487 g/mol. The average Bonchev–Trinajstić information content (AvgIpc) is 3.62. The third-order valence-electron chi connectivity index (χ3n) is 6.32. The van der Waals surface area contributed by atoms with E-state index < -0.39 is 28.4 Å². The first-order chi connectivity index (χ1) is 17.4. The predicted molar refractivity (Wildman–Crippen MR) is 129 cm³/mol. The van der Waals surface area contributed by atoms with Crippen molar-refractivity contribution < 1.29 is 28.8 Å². The molecule has 0 unspecified atom stereocenters. The summed E-state index contributed by atoms with van der Waals surface area (Å²) in [6, 6.07) is 13.2. The van der Waals surface area contributed by atoms with Crippen LogP contribution in [0.4, 0.5) is 5.69 Å². The third kappa shape index (κ3) is 3.78. The fourth-order valence-electron chi connectivity index (χ4n) is 4.60. The molecule has 2 aromatic heterocycles. The fourth-order valence-corrected chi connectivity index (χ4v) is 4.60. The van der Waals surface area contributed by atoms with Gasteiger partial charge in [0.2, 0.25) is 5.78 Å². The Balaban J connectivity index is 1.56. The number of benzene rings is 2.